The molecule has 0 fully saturated rings. The van der Waals surface area contributed by atoms with Gasteiger partial charge in [0.25, 0.3) is 10.7 Å². The SMILES string of the molecule is COc1c(C)c(C(O)(O)S(=O)c2nc3nc(C)c(O)c(C)c3[nH]2)[nH]c(=O)c1C. The number of H-pyrrole nitrogens is 2. The number of rotatable bonds is 4. The van der Waals surface area contributed by atoms with Crippen molar-refractivity contribution in [3.05, 3.63) is 38.4 Å². The fourth-order valence-electron chi connectivity index (χ4n) is 3.03. The molecule has 0 spiro atoms. The maximum absolute atomic E-state index is 12.9. The lowest BCUT2D eigenvalue weighted by Gasteiger charge is -2.23. The zero-order valence-corrected chi connectivity index (χ0v) is 16.7. The summed E-state index contributed by atoms with van der Waals surface area (Å²) in [6.45, 7) is 6.22. The van der Waals surface area contributed by atoms with Gasteiger partial charge in [-0.2, -0.15) is 0 Å². The Balaban J connectivity index is 2.17. The molecule has 0 saturated heterocycles. The van der Waals surface area contributed by atoms with E-state index in [9.17, 15) is 24.3 Å². The third-order valence-electron chi connectivity index (χ3n) is 4.61. The molecule has 3 heterocycles. The van der Waals surface area contributed by atoms with Gasteiger partial charge in [-0.1, -0.05) is 0 Å². The predicted molar refractivity (Wildman–Crippen MR) is 101 cm³/mol. The molecule has 3 aromatic rings. The van der Waals surface area contributed by atoms with Crippen molar-refractivity contribution in [2.75, 3.05) is 7.11 Å². The maximum atomic E-state index is 12.9. The molecule has 0 amide bonds. The van der Waals surface area contributed by atoms with Crippen LogP contribution in [-0.4, -0.2) is 46.6 Å². The fourth-order valence-corrected chi connectivity index (χ4v) is 4.06. The highest BCUT2D eigenvalue weighted by Gasteiger charge is 2.41. The molecule has 0 saturated carbocycles. The van der Waals surface area contributed by atoms with Crippen molar-refractivity contribution < 1.29 is 24.3 Å². The highest BCUT2D eigenvalue weighted by molar-refractivity contribution is 7.85. The van der Waals surface area contributed by atoms with Crippen molar-refractivity contribution in [3.63, 3.8) is 0 Å². The third-order valence-corrected chi connectivity index (χ3v) is 5.87. The van der Waals surface area contributed by atoms with Crippen molar-refractivity contribution in [1.29, 1.82) is 0 Å². The second-order valence-corrected chi connectivity index (χ2v) is 7.89. The first kappa shape index (κ1) is 20.0. The van der Waals surface area contributed by atoms with Crippen molar-refractivity contribution in [3.8, 4) is 11.5 Å². The highest BCUT2D eigenvalue weighted by Crippen LogP contribution is 2.33. The van der Waals surface area contributed by atoms with Crippen LogP contribution in [0.4, 0.5) is 0 Å². The standard InChI is InChI=1S/C17H20N4O6S/c1-6-10-14(18-9(4)11(6)22)21-16(19-10)28(26)17(24,25)13-7(2)12(27-5)8(3)15(23)20-13/h22,24-25H,1-5H3,(H,20,23)(H,18,19,21). The maximum Gasteiger partial charge on any atom is 0.293 e. The summed E-state index contributed by atoms with van der Waals surface area (Å²) < 4.78 is 18.1. The van der Waals surface area contributed by atoms with Gasteiger partial charge < -0.3 is 30.0 Å². The summed E-state index contributed by atoms with van der Waals surface area (Å²) >= 11 is 0. The van der Waals surface area contributed by atoms with Crippen molar-refractivity contribution in [2.24, 2.45) is 0 Å². The minimum Gasteiger partial charge on any atom is -0.506 e. The van der Waals surface area contributed by atoms with Crippen LogP contribution in [-0.2, 0) is 15.9 Å². The van der Waals surface area contributed by atoms with Gasteiger partial charge in [0, 0.05) is 11.1 Å². The lowest BCUT2D eigenvalue weighted by atomic mass is 10.1. The zero-order chi connectivity index (χ0) is 21.0. The average molecular weight is 408 g/mol. The summed E-state index contributed by atoms with van der Waals surface area (Å²) in [5, 5.41) is 28.0. The number of nitrogens with one attached hydrogen (secondary N) is 2. The van der Waals surface area contributed by atoms with Crippen molar-refractivity contribution >= 4 is 22.0 Å². The van der Waals surface area contributed by atoms with E-state index in [1.807, 2.05) is 0 Å². The minimum atomic E-state index is -2.97. The second kappa shape index (κ2) is 6.69. The molecule has 0 bridgehead atoms. The van der Waals surface area contributed by atoms with E-state index in [1.165, 1.54) is 21.0 Å². The fraction of sp³-hybridized carbons (Fsp3) is 0.353. The minimum absolute atomic E-state index is 0.0452. The number of hydrogen-bond acceptors (Lipinski definition) is 8. The number of aryl methyl sites for hydroxylation is 2. The number of methoxy groups -OCH3 is 1. The molecule has 1 atom stereocenters. The van der Waals surface area contributed by atoms with E-state index in [2.05, 4.69) is 19.9 Å². The van der Waals surface area contributed by atoms with Crippen LogP contribution in [0.15, 0.2) is 9.95 Å². The van der Waals surface area contributed by atoms with Gasteiger partial charge in [0.2, 0.25) is 5.16 Å². The molecule has 3 aromatic heterocycles. The molecule has 11 heteroatoms. The van der Waals surface area contributed by atoms with Gasteiger partial charge in [-0.05, 0) is 27.7 Å². The first-order valence-electron chi connectivity index (χ1n) is 8.21. The molecule has 0 aliphatic carbocycles. The van der Waals surface area contributed by atoms with Gasteiger partial charge in [0.15, 0.2) is 16.4 Å². The van der Waals surface area contributed by atoms with Gasteiger partial charge in [-0.25, -0.2) is 14.2 Å². The molecule has 0 aliphatic rings. The Bertz CT molecular complexity index is 1180. The van der Waals surface area contributed by atoms with Crippen LogP contribution >= 0.6 is 0 Å². The normalized spacial score (nSPS) is 13.1. The van der Waals surface area contributed by atoms with E-state index in [4.69, 9.17) is 4.74 Å². The number of nitrogens with zero attached hydrogens (tertiary/aromatic N) is 2. The van der Waals surface area contributed by atoms with Gasteiger partial charge >= 0.3 is 0 Å². The molecule has 5 N–H and O–H groups in total. The first-order chi connectivity index (χ1) is 13.0. The smallest absolute Gasteiger partial charge is 0.293 e. The quantitative estimate of drug-likeness (QED) is 0.390. The summed E-state index contributed by atoms with van der Waals surface area (Å²) in [6, 6.07) is 0. The molecule has 10 nitrogen and oxygen atoms in total. The summed E-state index contributed by atoms with van der Waals surface area (Å²) in [5.41, 5.74) is 0.731. The Kier molecular flexibility index (Phi) is 4.77. The number of hydrogen-bond donors (Lipinski definition) is 5. The summed E-state index contributed by atoms with van der Waals surface area (Å²) in [5.74, 6) is 0.113. The number of aromatic hydroxyl groups is 1. The summed E-state index contributed by atoms with van der Waals surface area (Å²) in [4.78, 5) is 25.3. The molecule has 28 heavy (non-hydrogen) atoms. The molecule has 0 aromatic carbocycles. The monoisotopic (exact) mass is 408 g/mol. The Hall–Kier alpha value is -2.76. The molecule has 1 unspecified atom stereocenters. The first-order valence-corrected chi connectivity index (χ1v) is 9.36. The molecular formula is C17H20N4O6S. The van der Waals surface area contributed by atoms with E-state index < -0.39 is 21.5 Å². The second-order valence-electron chi connectivity index (χ2n) is 6.40. The lowest BCUT2D eigenvalue weighted by molar-refractivity contribution is -0.0909. The van der Waals surface area contributed by atoms with Crippen LogP contribution in [0.5, 0.6) is 11.5 Å². The molecule has 3 rings (SSSR count). The summed E-state index contributed by atoms with van der Waals surface area (Å²) in [6.07, 6.45) is 0. The number of pyridine rings is 2. The molecule has 0 aliphatic heterocycles. The zero-order valence-electron chi connectivity index (χ0n) is 15.9. The van der Waals surface area contributed by atoms with Crippen LogP contribution in [0.1, 0.15) is 28.1 Å². The molecule has 0 radical (unpaired) electrons. The van der Waals surface area contributed by atoms with Gasteiger partial charge in [-0.15, -0.1) is 0 Å². The van der Waals surface area contributed by atoms with Gasteiger partial charge in [0.1, 0.15) is 11.5 Å². The van der Waals surface area contributed by atoms with Crippen LogP contribution in [0.2, 0.25) is 0 Å². The number of ether oxygens (including phenoxy) is 1. The average Bonchev–Trinajstić information content (AvgIpc) is 3.06. The molecule has 150 valence electrons. The van der Waals surface area contributed by atoms with Crippen LogP contribution in [0.3, 0.4) is 0 Å². The lowest BCUT2D eigenvalue weighted by Crippen LogP contribution is -2.36. The van der Waals surface area contributed by atoms with E-state index in [0.29, 0.717) is 16.8 Å². The predicted octanol–water partition coefficient (Wildman–Crippen LogP) is 0.497. The molecular weight excluding hydrogens is 388 g/mol. The summed E-state index contributed by atoms with van der Waals surface area (Å²) in [7, 11) is -1.20. The Morgan fingerprint density at radius 2 is 1.68 bits per heavy atom. The largest absolute Gasteiger partial charge is 0.506 e. The van der Waals surface area contributed by atoms with Crippen molar-refractivity contribution in [2.45, 2.75) is 38.0 Å². The Morgan fingerprint density at radius 1 is 1.04 bits per heavy atom. The highest BCUT2D eigenvalue weighted by atomic mass is 32.2. The van der Waals surface area contributed by atoms with Crippen LogP contribution < -0.4 is 10.3 Å². The number of imidazole rings is 1. The van der Waals surface area contributed by atoms with Crippen LogP contribution in [0, 0.1) is 27.7 Å². The van der Waals surface area contributed by atoms with E-state index in [0.717, 1.165) is 0 Å². The van der Waals surface area contributed by atoms with Crippen molar-refractivity contribution in [1.82, 2.24) is 19.9 Å². The Labute approximate surface area is 161 Å². The van der Waals surface area contributed by atoms with E-state index in [-0.39, 0.29) is 39.1 Å². The number of aromatic nitrogens is 4. The topological polar surface area (TPSA) is 161 Å². The van der Waals surface area contributed by atoms with E-state index in [1.54, 1.807) is 13.8 Å². The third kappa shape index (κ3) is 2.87. The number of fused-ring (bicyclic) bond motifs is 1. The van der Waals surface area contributed by atoms with E-state index >= 15 is 0 Å². The Morgan fingerprint density at radius 3 is 2.29 bits per heavy atom. The number of aliphatic hydroxyl groups is 2. The van der Waals surface area contributed by atoms with Gasteiger partial charge in [-0.3, -0.25) is 4.79 Å². The number of aromatic amines is 2. The van der Waals surface area contributed by atoms with Crippen LogP contribution in [0.25, 0.3) is 11.2 Å². The van der Waals surface area contributed by atoms with Gasteiger partial charge in [0.05, 0.1) is 29.6 Å².